The van der Waals surface area contributed by atoms with Crippen LogP contribution in [0.4, 0.5) is 17.3 Å². The number of anilines is 3. The molecule has 0 bridgehead atoms. The van der Waals surface area contributed by atoms with Crippen molar-refractivity contribution in [2.24, 2.45) is 0 Å². The van der Waals surface area contributed by atoms with Crippen LogP contribution in [0.2, 0.25) is 0 Å². The van der Waals surface area contributed by atoms with Gasteiger partial charge in [-0.2, -0.15) is 0 Å². The quantitative estimate of drug-likeness (QED) is 0.449. The molecule has 3 aromatic rings. The Morgan fingerprint density at radius 2 is 1.92 bits per heavy atom. The molecule has 0 saturated heterocycles. The van der Waals surface area contributed by atoms with Crippen LogP contribution in [-0.2, 0) is 4.79 Å². The van der Waals surface area contributed by atoms with Gasteiger partial charge in [-0.25, -0.2) is 9.97 Å². The number of phenolic OH excluding ortho intramolecular Hbond substituents is 1. The molecule has 0 spiro atoms. The molecule has 130 valence electrons. The van der Waals surface area contributed by atoms with Gasteiger partial charge in [-0.3, -0.25) is 4.79 Å². The van der Waals surface area contributed by atoms with Crippen LogP contribution in [0, 0.1) is 0 Å². The predicted octanol–water partition coefficient (Wildman–Crippen LogP) is 4.20. The molecule has 7 heteroatoms. The zero-order valence-electron chi connectivity index (χ0n) is 13.7. The molecule has 1 amide bonds. The lowest BCUT2D eigenvalue weighted by Gasteiger charge is -2.07. The molecule has 0 atom stereocenters. The summed E-state index contributed by atoms with van der Waals surface area (Å²) in [4.78, 5) is 20.9. The molecule has 0 aliphatic rings. The molecule has 1 heterocycles. The summed E-state index contributed by atoms with van der Waals surface area (Å²) in [5.41, 5.74) is 1.41. The van der Waals surface area contributed by atoms with E-state index >= 15 is 0 Å². The van der Waals surface area contributed by atoms with Gasteiger partial charge in [0.1, 0.15) is 10.8 Å². The molecule has 0 radical (unpaired) electrons. The van der Waals surface area contributed by atoms with E-state index in [-0.39, 0.29) is 11.7 Å². The van der Waals surface area contributed by atoms with E-state index in [1.54, 1.807) is 24.4 Å². The van der Waals surface area contributed by atoms with Gasteiger partial charge in [0.2, 0.25) is 11.9 Å². The van der Waals surface area contributed by atoms with E-state index in [0.29, 0.717) is 17.3 Å². The van der Waals surface area contributed by atoms with Crippen molar-refractivity contribution < 1.29 is 9.90 Å². The van der Waals surface area contributed by atoms with E-state index in [2.05, 4.69) is 27.2 Å². The minimum atomic E-state index is -0.246. The van der Waals surface area contributed by atoms with Gasteiger partial charge in [0, 0.05) is 28.5 Å². The Labute approximate surface area is 155 Å². The van der Waals surface area contributed by atoms with Crippen molar-refractivity contribution in [2.45, 2.75) is 9.92 Å². The Hall–Kier alpha value is -3.32. The molecule has 3 rings (SSSR count). The number of amides is 1. The largest absolute Gasteiger partial charge is 0.508 e. The summed E-state index contributed by atoms with van der Waals surface area (Å²) in [6.07, 6.45) is 2.89. The molecule has 1 aromatic heterocycles. The van der Waals surface area contributed by atoms with E-state index in [1.807, 2.05) is 36.4 Å². The smallest absolute Gasteiger partial charge is 0.247 e. The van der Waals surface area contributed by atoms with Crippen molar-refractivity contribution in [2.75, 3.05) is 10.6 Å². The molecule has 6 nitrogen and oxygen atoms in total. The summed E-state index contributed by atoms with van der Waals surface area (Å²) in [5, 5.41) is 16.0. The Bertz CT molecular complexity index is 929. The van der Waals surface area contributed by atoms with Crippen LogP contribution in [0.1, 0.15) is 0 Å². The third kappa shape index (κ3) is 4.84. The first-order chi connectivity index (χ1) is 12.6. The SMILES string of the molecule is C=CC(=O)Nc1ccc(Sc2ccnc(Nc3cccc(O)c3)n2)cc1. The van der Waals surface area contributed by atoms with Crippen LogP contribution in [-0.4, -0.2) is 21.0 Å². The van der Waals surface area contributed by atoms with Gasteiger partial charge < -0.3 is 15.7 Å². The first kappa shape index (κ1) is 17.5. The summed E-state index contributed by atoms with van der Waals surface area (Å²) < 4.78 is 0. The second kappa shape index (κ2) is 8.17. The van der Waals surface area contributed by atoms with Gasteiger partial charge in [0.15, 0.2) is 0 Å². The van der Waals surface area contributed by atoms with Crippen LogP contribution < -0.4 is 10.6 Å². The third-order valence-electron chi connectivity index (χ3n) is 3.26. The Morgan fingerprint density at radius 1 is 1.12 bits per heavy atom. The average Bonchev–Trinajstić information content (AvgIpc) is 2.63. The normalized spacial score (nSPS) is 10.2. The zero-order valence-corrected chi connectivity index (χ0v) is 14.5. The van der Waals surface area contributed by atoms with E-state index in [0.717, 1.165) is 9.92 Å². The summed E-state index contributed by atoms with van der Waals surface area (Å²) in [7, 11) is 0. The third-order valence-corrected chi connectivity index (χ3v) is 4.21. The van der Waals surface area contributed by atoms with Crippen molar-refractivity contribution in [1.82, 2.24) is 9.97 Å². The van der Waals surface area contributed by atoms with Crippen LogP contribution in [0.15, 0.2) is 83.4 Å². The van der Waals surface area contributed by atoms with Crippen LogP contribution in [0.5, 0.6) is 5.75 Å². The second-order valence-electron chi connectivity index (χ2n) is 5.21. The summed E-state index contributed by atoms with van der Waals surface area (Å²) >= 11 is 1.48. The minimum Gasteiger partial charge on any atom is -0.508 e. The monoisotopic (exact) mass is 364 g/mol. The number of hydrogen-bond acceptors (Lipinski definition) is 6. The van der Waals surface area contributed by atoms with Crippen LogP contribution >= 0.6 is 11.8 Å². The molecule has 26 heavy (non-hydrogen) atoms. The predicted molar refractivity (Wildman–Crippen MR) is 103 cm³/mol. The number of nitrogens with one attached hydrogen (secondary N) is 2. The van der Waals surface area contributed by atoms with Crippen molar-refractivity contribution in [3.05, 3.63) is 73.4 Å². The molecular weight excluding hydrogens is 348 g/mol. The number of aromatic nitrogens is 2. The lowest BCUT2D eigenvalue weighted by atomic mass is 10.3. The number of aromatic hydroxyl groups is 1. The fraction of sp³-hybridized carbons (Fsp3) is 0. The highest BCUT2D eigenvalue weighted by molar-refractivity contribution is 7.99. The summed E-state index contributed by atoms with van der Waals surface area (Å²) in [6.45, 7) is 3.42. The molecule has 0 fully saturated rings. The molecule has 0 aliphatic carbocycles. The van der Waals surface area contributed by atoms with Gasteiger partial charge >= 0.3 is 0 Å². The second-order valence-corrected chi connectivity index (χ2v) is 6.31. The lowest BCUT2D eigenvalue weighted by Crippen LogP contribution is -2.06. The molecule has 0 aliphatic heterocycles. The highest BCUT2D eigenvalue weighted by Crippen LogP contribution is 2.28. The maximum Gasteiger partial charge on any atom is 0.247 e. The average molecular weight is 364 g/mol. The highest BCUT2D eigenvalue weighted by atomic mass is 32.2. The van der Waals surface area contributed by atoms with Gasteiger partial charge in [-0.1, -0.05) is 24.4 Å². The fourth-order valence-corrected chi connectivity index (χ4v) is 2.87. The zero-order chi connectivity index (χ0) is 18.4. The Balaban J connectivity index is 1.68. The molecule has 0 saturated carbocycles. The minimum absolute atomic E-state index is 0.171. The highest BCUT2D eigenvalue weighted by Gasteiger charge is 2.04. The standard InChI is InChI=1S/C19H16N4O2S/c1-2-17(25)21-13-6-8-16(9-7-13)26-18-10-11-20-19(23-18)22-14-4-3-5-15(24)12-14/h2-12,24H,1H2,(H,21,25)(H,20,22,23). The Kier molecular flexibility index (Phi) is 5.50. The topological polar surface area (TPSA) is 87.1 Å². The maximum absolute atomic E-state index is 11.3. The van der Waals surface area contributed by atoms with Crippen molar-refractivity contribution in [3.8, 4) is 5.75 Å². The molecule has 2 aromatic carbocycles. The summed E-state index contributed by atoms with van der Waals surface area (Å²) in [5.74, 6) is 0.364. The number of carbonyl (C=O) groups is 1. The van der Waals surface area contributed by atoms with E-state index in [9.17, 15) is 9.90 Å². The van der Waals surface area contributed by atoms with Crippen LogP contribution in [0.25, 0.3) is 0 Å². The van der Waals surface area contributed by atoms with Gasteiger partial charge in [-0.15, -0.1) is 0 Å². The van der Waals surface area contributed by atoms with Crippen molar-refractivity contribution >= 4 is 35.0 Å². The first-order valence-corrected chi connectivity index (χ1v) is 8.54. The van der Waals surface area contributed by atoms with Gasteiger partial charge in [-0.05, 0) is 48.5 Å². The molecule has 0 unspecified atom stereocenters. The van der Waals surface area contributed by atoms with Gasteiger partial charge in [0.25, 0.3) is 0 Å². The number of hydrogen-bond donors (Lipinski definition) is 3. The number of rotatable bonds is 6. The van der Waals surface area contributed by atoms with Crippen LogP contribution in [0.3, 0.4) is 0 Å². The van der Waals surface area contributed by atoms with Crippen molar-refractivity contribution in [1.29, 1.82) is 0 Å². The summed E-state index contributed by atoms with van der Waals surface area (Å²) in [6, 6.07) is 16.0. The number of phenols is 1. The first-order valence-electron chi connectivity index (χ1n) is 7.73. The van der Waals surface area contributed by atoms with Crippen molar-refractivity contribution in [3.63, 3.8) is 0 Å². The number of nitrogens with zero attached hydrogens (tertiary/aromatic N) is 2. The number of carbonyl (C=O) groups excluding carboxylic acids is 1. The fourth-order valence-electron chi connectivity index (χ4n) is 2.09. The molecular formula is C19H16N4O2S. The maximum atomic E-state index is 11.3. The molecule has 3 N–H and O–H groups in total. The van der Waals surface area contributed by atoms with E-state index in [4.69, 9.17) is 0 Å². The lowest BCUT2D eigenvalue weighted by molar-refractivity contribution is -0.111. The van der Waals surface area contributed by atoms with E-state index in [1.165, 1.54) is 17.8 Å². The number of benzene rings is 2. The van der Waals surface area contributed by atoms with E-state index < -0.39 is 0 Å². The Morgan fingerprint density at radius 3 is 2.65 bits per heavy atom. The van der Waals surface area contributed by atoms with Gasteiger partial charge in [0.05, 0.1) is 0 Å².